The molecule has 2 aromatic carbocycles. The molecule has 0 fully saturated rings. The van der Waals surface area contributed by atoms with Gasteiger partial charge >= 0.3 is 26.2 Å². The van der Waals surface area contributed by atoms with Crippen molar-refractivity contribution in [2.45, 2.75) is 41.5 Å². The first-order chi connectivity index (χ1) is 7.41. The summed E-state index contributed by atoms with van der Waals surface area (Å²) in [6.45, 7) is 12.9. The van der Waals surface area contributed by atoms with Gasteiger partial charge in [0.15, 0.2) is 0 Å². The zero-order valence-corrected chi connectivity index (χ0v) is 16.5. The smallest absolute Gasteiger partial charge is 1.00 e. The van der Waals surface area contributed by atoms with Gasteiger partial charge in [0.25, 0.3) is 0 Å². The van der Waals surface area contributed by atoms with Crippen molar-refractivity contribution in [1.82, 2.24) is 0 Å². The first-order valence-corrected chi connectivity index (χ1v) is 5.82. The molecule has 0 saturated carbocycles. The Morgan fingerprint density at radius 1 is 0.895 bits per heavy atom. The van der Waals surface area contributed by atoms with E-state index in [1.807, 2.05) is 0 Å². The molecule has 0 aliphatic heterocycles. The number of aryl methyl sites for hydroxylation is 4. The largest absolute Gasteiger partial charge is 4.00 e. The van der Waals surface area contributed by atoms with Gasteiger partial charge in [-0.05, 0) is 0 Å². The van der Waals surface area contributed by atoms with Crippen LogP contribution in [0.15, 0.2) is 24.3 Å². The van der Waals surface area contributed by atoms with Crippen LogP contribution in [-0.2, 0) is 26.2 Å². The van der Waals surface area contributed by atoms with Crippen molar-refractivity contribution in [3.8, 4) is 0 Å². The van der Waals surface area contributed by atoms with Crippen LogP contribution < -0.4 is 24.8 Å². The zero-order valence-electron chi connectivity index (χ0n) is 12.6. The topological polar surface area (TPSA) is 0 Å². The maximum atomic E-state index is 2.24. The summed E-state index contributed by atoms with van der Waals surface area (Å²) in [5.41, 5.74) is 8.46. The second-order valence-corrected chi connectivity index (χ2v) is 4.73. The molecule has 0 heterocycles. The Hall–Kier alpha value is 0.163. The molecular formula is C16H22Cl2Zr. The fraction of sp³-hybridized carbons (Fsp3) is 0.375. The van der Waals surface area contributed by atoms with E-state index in [9.17, 15) is 0 Å². The number of rotatable bonds is 0. The average Bonchev–Trinajstić information content (AvgIpc) is 2.68. The minimum absolute atomic E-state index is 0. The van der Waals surface area contributed by atoms with E-state index in [1.54, 1.807) is 0 Å². The molecule has 0 saturated heterocycles. The van der Waals surface area contributed by atoms with Crippen molar-refractivity contribution in [2.75, 3.05) is 0 Å². The van der Waals surface area contributed by atoms with Crippen molar-refractivity contribution in [3.63, 3.8) is 0 Å². The number of hydrogen-bond donors (Lipinski definition) is 0. The van der Waals surface area contributed by atoms with Crippen LogP contribution in [0, 0.1) is 41.5 Å². The molecule has 2 aromatic rings. The minimum Gasteiger partial charge on any atom is -1.00 e. The van der Waals surface area contributed by atoms with Crippen molar-refractivity contribution in [2.24, 2.45) is 0 Å². The van der Waals surface area contributed by atoms with Crippen LogP contribution in [0.1, 0.15) is 33.4 Å². The fourth-order valence-electron chi connectivity index (χ4n) is 1.85. The van der Waals surface area contributed by atoms with E-state index in [4.69, 9.17) is 0 Å². The van der Waals surface area contributed by atoms with E-state index < -0.39 is 0 Å². The standard InChI is InChI=1S/C9H13.C7H9.2ClH.Zr/c1-6-5-7(2)9(4)8(6)3;1-6-3-4-7(2)5-6;;;/h5H,1-4H3;3-5H,1-2H3;2*1H;/q2*-1;;;+4/p-2. The van der Waals surface area contributed by atoms with Gasteiger partial charge in [0.2, 0.25) is 0 Å². The van der Waals surface area contributed by atoms with Crippen LogP contribution in [0.4, 0.5) is 0 Å². The Kier molecular flexibility index (Phi) is 13.9. The van der Waals surface area contributed by atoms with E-state index in [-0.39, 0.29) is 51.0 Å². The molecule has 0 bridgehead atoms. The summed E-state index contributed by atoms with van der Waals surface area (Å²) in [7, 11) is 0. The number of halogens is 2. The molecule has 2 rings (SSSR count). The van der Waals surface area contributed by atoms with Gasteiger partial charge in [-0.3, -0.25) is 0 Å². The first kappa shape index (κ1) is 24.2. The molecule has 0 atom stereocenters. The molecule has 0 radical (unpaired) electrons. The Morgan fingerprint density at radius 3 is 1.53 bits per heavy atom. The van der Waals surface area contributed by atoms with Gasteiger partial charge in [0, 0.05) is 0 Å². The van der Waals surface area contributed by atoms with Gasteiger partial charge < -0.3 is 24.8 Å². The van der Waals surface area contributed by atoms with Gasteiger partial charge in [-0.1, -0.05) is 41.5 Å². The Balaban J connectivity index is -0.000000237. The zero-order chi connectivity index (χ0) is 12.3. The summed E-state index contributed by atoms with van der Waals surface area (Å²) in [6.07, 6.45) is 0. The number of hydrogen-bond acceptors (Lipinski definition) is 0. The summed E-state index contributed by atoms with van der Waals surface area (Å²) in [4.78, 5) is 0. The van der Waals surface area contributed by atoms with E-state index in [0.717, 1.165) is 0 Å². The second kappa shape index (κ2) is 10.9. The Morgan fingerprint density at radius 2 is 1.42 bits per heavy atom. The second-order valence-electron chi connectivity index (χ2n) is 4.73. The summed E-state index contributed by atoms with van der Waals surface area (Å²) in [5, 5.41) is 0. The molecule has 0 aliphatic carbocycles. The molecule has 0 N–H and O–H groups in total. The van der Waals surface area contributed by atoms with Crippen LogP contribution in [0.2, 0.25) is 0 Å². The molecule has 0 unspecified atom stereocenters. The molecule has 19 heavy (non-hydrogen) atoms. The normalized spacial score (nSPS) is 8.32. The summed E-state index contributed by atoms with van der Waals surface area (Å²) in [5.74, 6) is 0. The molecule has 104 valence electrons. The van der Waals surface area contributed by atoms with Crippen molar-refractivity contribution in [3.05, 3.63) is 57.6 Å². The Bertz CT molecular complexity index is 428. The van der Waals surface area contributed by atoms with Gasteiger partial charge in [0.1, 0.15) is 0 Å². The van der Waals surface area contributed by atoms with Crippen LogP contribution >= 0.6 is 0 Å². The third kappa shape index (κ3) is 7.49. The SMILES string of the molecule is Cc1c[c-](C)c(C)c1C.Cc1cc[c-](C)c1.[Cl-].[Cl-].[Zr+4]. The maximum absolute atomic E-state index is 2.24. The van der Waals surface area contributed by atoms with E-state index in [2.05, 4.69) is 65.8 Å². The third-order valence-electron chi connectivity index (χ3n) is 3.24. The molecular weight excluding hydrogens is 354 g/mol. The van der Waals surface area contributed by atoms with E-state index in [1.165, 1.54) is 33.4 Å². The van der Waals surface area contributed by atoms with Gasteiger partial charge in [-0.15, -0.1) is 0 Å². The summed E-state index contributed by atoms with van der Waals surface area (Å²) in [6, 6.07) is 8.65. The van der Waals surface area contributed by atoms with E-state index in [0.29, 0.717) is 0 Å². The molecule has 0 nitrogen and oxygen atoms in total. The van der Waals surface area contributed by atoms with Crippen molar-refractivity contribution in [1.29, 1.82) is 0 Å². The van der Waals surface area contributed by atoms with Crippen molar-refractivity contribution >= 4 is 0 Å². The molecule has 0 aliphatic rings. The van der Waals surface area contributed by atoms with Gasteiger partial charge in [-0.2, -0.15) is 46.0 Å². The molecule has 3 heteroatoms. The van der Waals surface area contributed by atoms with Crippen LogP contribution in [0.25, 0.3) is 0 Å². The summed E-state index contributed by atoms with van der Waals surface area (Å²) < 4.78 is 0. The van der Waals surface area contributed by atoms with Crippen molar-refractivity contribution < 1.29 is 51.0 Å². The quantitative estimate of drug-likeness (QED) is 0.500. The molecule has 0 aromatic heterocycles. The van der Waals surface area contributed by atoms with E-state index >= 15 is 0 Å². The molecule has 0 spiro atoms. The van der Waals surface area contributed by atoms with Gasteiger partial charge in [-0.25, -0.2) is 11.6 Å². The first-order valence-electron chi connectivity index (χ1n) is 5.82. The predicted molar refractivity (Wildman–Crippen MR) is 72.5 cm³/mol. The molecule has 0 amide bonds. The fourth-order valence-corrected chi connectivity index (χ4v) is 1.85. The van der Waals surface area contributed by atoms with Crippen LogP contribution in [0.5, 0.6) is 0 Å². The van der Waals surface area contributed by atoms with Crippen LogP contribution in [0.3, 0.4) is 0 Å². The third-order valence-corrected chi connectivity index (χ3v) is 3.24. The summed E-state index contributed by atoms with van der Waals surface area (Å²) >= 11 is 0. The van der Waals surface area contributed by atoms with Crippen LogP contribution in [-0.4, -0.2) is 0 Å². The monoisotopic (exact) mass is 374 g/mol. The average molecular weight is 376 g/mol. The minimum atomic E-state index is 0. The maximum Gasteiger partial charge on any atom is 4.00 e. The Labute approximate surface area is 149 Å². The predicted octanol–water partition coefficient (Wildman–Crippen LogP) is -1.33. The van der Waals surface area contributed by atoms with Gasteiger partial charge in [0.05, 0.1) is 0 Å².